The molecule has 0 amide bonds. The fraction of sp³-hybridized carbons (Fsp3) is 0.643. The van der Waals surface area contributed by atoms with Crippen LogP contribution in [0.1, 0.15) is 31.2 Å². The van der Waals surface area contributed by atoms with Crippen LogP contribution in [0.2, 0.25) is 5.02 Å². The number of anilines is 1. The van der Waals surface area contributed by atoms with Gasteiger partial charge in [0.15, 0.2) is 0 Å². The van der Waals surface area contributed by atoms with Crippen LogP contribution in [0.3, 0.4) is 0 Å². The van der Waals surface area contributed by atoms with Crippen molar-refractivity contribution in [2.45, 2.75) is 37.9 Å². The van der Waals surface area contributed by atoms with E-state index in [0.717, 1.165) is 37.9 Å². The Balaban J connectivity index is 2.24. The molecule has 2 unspecified atom stereocenters. The van der Waals surface area contributed by atoms with Gasteiger partial charge in [-0.1, -0.05) is 24.4 Å². The Morgan fingerprint density at radius 2 is 2.05 bits per heavy atom. The number of hydrogen-bond donors (Lipinski definition) is 1. The SMILES string of the molecule is CN(c1ncc(C(F)(F)F)cc1Cl)C1CCCCC1CN. The highest BCUT2D eigenvalue weighted by molar-refractivity contribution is 6.33. The van der Waals surface area contributed by atoms with Crippen molar-refractivity contribution in [3.8, 4) is 0 Å². The number of halogens is 4. The summed E-state index contributed by atoms with van der Waals surface area (Å²) in [5.74, 6) is 0.707. The molecule has 1 aromatic heterocycles. The molecule has 0 bridgehead atoms. The average Bonchev–Trinajstić information content (AvgIpc) is 2.45. The van der Waals surface area contributed by atoms with Gasteiger partial charge in [-0.3, -0.25) is 0 Å². The topological polar surface area (TPSA) is 42.2 Å². The Hall–Kier alpha value is -1.01. The summed E-state index contributed by atoms with van der Waals surface area (Å²) in [5, 5.41) is 0.0219. The summed E-state index contributed by atoms with van der Waals surface area (Å²) in [6.45, 7) is 0.563. The first kappa shape index (κ1) is 16.4. The standard InChI is InChI=1S/C14H19ClF3N3/c1-21(12-5-3-2-4-9(12)7-19)13-11(15)6-10(8-20-13)14(16,17)18/h6,8-9,12H,2-5,7,19H2,1H3. The molecule has 7 heteroatoms. The molecule has 2 N–H and O–H groups in total. The van der Waals surface area contributed by atoms with E-state index < -0.39 is 11.7 Å². The summed E-state index contributed by atoms with van der Waals surface area (Å²) < 4.78 is 37.9. The number of nitrogens with zero attached hydrogens (tertiary/aromatic N) is 2. The number of alkyl halides is 3. The van der Waals surface area contributed by atoms with E-state index >= 15 is 0 Å². The maximum absolute atomic E-state index is 12.6. The molecule has 1 aromatic rings. The van der Waals surface area contributed by atoms with Gasteiger partial charge in [0.1, 0.15) is 5.82 Å². The van der Waals surface area contributed by atoms with Gasteiger partial charge in [-0.05, 0) is 31.4 Å². The van der Waals surface area contributed by atoms with Gasteiger partial charge in [0.25, 0.3) is 0 Å². The molecule has 1 aliphatic carbocycles. The molecule has 0 aromatic carbocycles. The monoisotopic (exact) mass is 321 g/mol. The largest absolute Gasteiger partial charge is 0.417 e. The van der Waals surface area contributed by atoms with Crippen LogP contribution in [0.25, 0.3) is 0 Å². The Kier molecular flexibility index (Phi) is 4.99. The maximum Gasteiger partial charge on any atom is 0.417 e. The molecular formula is C14H19ClF3N3. The van der Waals surface area contributed by atoms with E-state index in [1.807, 2.05) is 11.9 Å². The van der Waals surface area contributed by atoms with E-state index in [2.05, 4.69) is 4.98 Å². The van der Waals surface area contributed by atoms with Crippen molar-refractivity contribution >= 4 is 17.4 Å². The van der Waals surface area contributed by atoms with Crippen molar-refractivity contribution < 1.29 is 13.2 Å². The van der Waals surface area contributed by atoms with E-state index in [9.17, 15) is 13.2 Å². The zero-order valence-corrected chi connectivity index (χ0v) is 12.6. The summed E-state index contributed by atoms with van der Waals surface area (Å²) in [7, 11) is 1.82. The lowest BCUT2D eigenvalue weighted by Crippen LogP contribution is -2.43. The highest BCUT2D eigenvalue weighted by Gasteiger charge is 2.33. The van der Waals surface area contributed by atoms with Crippen molar-refractivity contribution in [1.82, 2.24) is 4.98 Å². The third-order valence-corrected chi connectivity index (χ3v) is 4.43. The molecule has 3 nitrogen and oxygen atoms in total. The number of nitrogens with two attached hydrogens (primary N) is 1. The molecule has 0 spiro atoms. The second-order valence-corrected chi connectivity index (χ2v) is 5.89. The fourth-order valence-corrected chi connectivity index (χ4v) is 3.27. The number of pyridine rings is 1. The minimum Gasteiger partial charge on any atom is -0.355 e. The molecule has 118 valence electrons. The molecule has 2 rings (SSSR count). The van der Waals surface area contributed by atoms with Crippen molar-refractivity contribution in [3.63, 3.8) is 0 Å². The molecule has 0 aliphatic heterocycles. The lowest BCUT2D eigenvalue weighted by atomic mass is 9.84. The second-order valence-electron chi connectivity index (χ2n) is 5.49. The molecule has 0 radical (unpaired) electrons. The molecule has 1 aliphatic rings. The first-order valence-corrected chi connectivity index (χ1v) is 7.38. The quantitative estimate of drug-likeness (QED) is 0.923. The normalized spacial score (nSPS) is 23.1. The third-order valence-electron chi connectivity index (χ3n) is 4.15. The second kappa shape index (κ2) is 6.40. The van der Waals surface area contributed by atoms with Crippen molar-refractivity contribution in [1.29, 1.82) is 0 Å². The minimum atomic E-state index is -4.43. The summed E-state index contributed by atoms with van der Waals surface area (Å²) in [6.07, 6.45) is 0.613. The number of rotatable bonds is 3. The molecule has 21 heavy (non-hydrogen) atoms. The summed E-state index contributed by atoms with van der Waals surface area (Å²) in [6, 6.07) is 1.10. The number of aromatic nitrogens is 1. The highest BCUT2D eigenvalue weighted by Crippen LogP contribution is 2.36. The van der Waals surface area contributed by atoms with E-state index in [4.69, 9.17) is 17.3 Å². The lowest BCUT2D eigenvalue weighted by Gasteiger charge is -2.38. The van der Waals surface area contributed by atoms with Gasteiger partial charge in [0.05, 0.1) is 10.6 Å². The maximum atomic E-state index is 12.6. The molecular weight excluding hydrogens is 303 g/mol. The fourth-order valence-electron chi connectivity index (χ4n) is 2.98. The molecule has 0 saturated heterocycles. The highest BCUT2D eigenvalue weighted by atomic mass is 35.5. The Bertz CT molecular complexity index is 493. The summed E-state index contributed by atoms with van der Waals surface area (Å²) >= 11 is 6.01. The van der Waals surface area contributed by atoms with Gasteiger partial charge in [0, 0.05) is 19.3 Å². The van der Waals surface area contributed by atoms with E-state index in [1.54, 1.807) is 0 Å². The zero-order chi connectivity index (χ0) is 15.6. The predicted octanol–water partition coefficient (Wildman–Crippen LogP) is 3.71. The van der Waals surface area contributed by atoms with Gasteiger partial charge >= 0.3 is 6.18 Å². The predicted molar refractivity (Wildman–Crippen MR) is 77.5 cm³/mol. The zero-order valence-electron chi connectivity index (χ0n) is 11.8. The van der Waals surface area contributed by atoms with Crippen LogP contribution in [0.4, 0.5) is 19.0 Å². The summed E-state index contributed by atoms with van der Waals surface area (Å²) in [4.78, 5) is 5.80. The summed E-state index contributed by atoms with van der Waals surface area (Å²) in [5.41, 5.74) is 4.97. The van der Waals surface area contributed by atoms with Gasteiger partial charge < -0.3 is 10.6 Å². The Morgan fingerprint density at radius 3 is 2.62 bits per heavy atom. The Morgan fingerprint density at radius 1 is 1.38 bits per heavy atom. The molecule has 1 saturated carbocycles. The smallest absolute Gasteiger partial charge is 0.355 e. The first-order chi connectivity index (χ1) is 9.84. The van der Waals surface area contributed by atoms with Crippen LogP contribution < -0.4 is 10.6 Å². The van der Waals surface area contributed by atoms with Crippen molar-refractivity contribution in [2.75, 3.05) is 18.5 Å². The molecule has 1 fully saturated rings. The number of hydrogen-bond acceptors (Lipinski definition) is 3. The average molecular weight is 322 g/mol. The van der Waals surface area contributed by atoms with Gasteiger partial charge in [0.2, 0.25) is 0 Å². The van der Waals surface area contributed by atoms with E-state index in [-0.39, 0.29) is 11.1 Å². The van der Waals surface area contributed by atoms with Crippen LogP contribution >= 0.6 is 11.6 Å². The van der Waals surface area contributed by atoms with Gasteiger partial charge in [-0.15, -0.1) is 0 Å². The van der Waals surface area contributed by atoms with Crippen LogP contribution in [0.5, 0.6) is 0 Å². The first-order valence-electron chi connectivity index (χ1n) is 7.00. The van der Waals surface area contributed by atoms with Crippen LogP contribution in [-0.4, -0.2) is 24.6 Å². The third kappa shape index (κ3) is 3.61. The lowest BCUT2D eigenvalue weighted by molar-refractivity contribution is -0.137. The van der Waals surface area contributed by atoms with Crippen LogP contribution in [0, 0.1) is 5.92 Å². The van der Waals surface area contributed by atoms with Crippen LogP contribution in [-0.2, 0) is 6.18 Å². The van der Waals surface area contributed by atoms with Gasteiger partial charge in [-0.25, -0.2) is 4.98 Å². The minimum absolute atomic E-state index is 0.0219. The van der Waals surface area contributed by atoms with E-state index in [1.165, 1.54) is 0 Å². The van der Waals surface area contributed by atoms with E-state index in [0.29, 0.717) is 18.3 Å². The molecule has 1 heterocycles. The Labute approximate surface area is 127 Å². The van der Waals surface area contributed by atoms with Crippen molar-refractivity contribution in [3.05, 3.63) is 22.8 Å². The van der Waals surface area contributed by atoms with Crippen LogP contribution in [0.15, 0.2) is 12.3 Å². The van der Waals surface area contributed by atoms with Crippen molar-refractivity contribution in [2.24, 2.45) is 11.7 Å². The van der Waals surface area contributed by atoms with Gasteiger partial charge in [-0.2, -0.15) is 13.2 Å². The molecule has 2 atom stereocenters.